The molecule has 0 spiro atoms. The largest absolute Gasteiger partial charge is 0.461 e. The van der Waals surface area contributed by atoms with Crippen molar-refractivity contribution in [2.75, 3.05) is 6.61 Å². The summed E-state index contributed by atoms with van der Waals surface area (Å²) in [6, 6.07) is 0. The van der Waals surface area contributed by atoms with E-state index >= 15 is 0 Å². The van der Waals surface area contributed by atoms with Crippen LogP contribution >= 0.6 is 0 Å². The normalized spacial score (nSPS) is 30.7. The SMILES string of the molecule is CC(C)CO[C@@H]1C[C@H](OC(=O)C2CCC2)C1(C)C. The maximum absolute atomic E-state index is 11.8. The molecule has 3 nitrogen and oxygen atoms in total. The predicted octanol–water partition coefficient (Wildman–Crippen LogP) is 3.17. The first-order valence-electron chi connectivity index (χ1n) is 7.23. The number of esters is 1. The fourth-order valence-electron chi connectivity index (χ4n) is 2.52. The third kappa shape index (κ3) is 2.71. The van der Waals surface area contributed by atoms with Crippen LogP contribution in [-0.2, 0) is 14.3 Å². The van der Waals surface area contributed by atoms with Crippen molar-refractivity contribution in [3.8, 4) is 0 Å². The smallest absolute Gasteiger partial charge is 0.309 e. The fraction of sp³-hybridized carbons (Fsp3) is 0.933. The maximum Gasteiger partial charge on any atom is 0.309 e. The van der Waals surface area contributed by atoms with E-state index in [2.05, 4.69) is 27.7 Å². The summed E-state index contributed by atoms with van der Waals surface area (Å²) in [5.74, 6) is 0.746. The van der Waals surface area contributed by atoms with Gasteiger partial charge in [0.2, 0.25) is 0 Å². The average molecular weight is 254 g/mol. The number of rotatable bonds is 5. The van der Waals surface area contributed by atoms with Crippen LogP contribution < -0.4 is 0 Å². The summed E-state index contributed by atoms with van der Waals surface area (Å²) in [7, 11) is 0. The molecule has 0 aromatic rings. The Balaban J connectivity index is 1.77. The van der Waals surface area contributed by atoms with E-state index in [9.17, 15) is 4.79 Å². The van der Waals surface area contributed by atoms with Crippen molar-refractivity contribution in [1.29, 1.82) is 0 Å². The van der Waals surface area contributed by atoms with E-state index in [1.54, 1.807) is 0 Å². The summed E-state index contributed by atoms with van der Waals surface area (Å²) in [4.78, 5) is 11.8. The van der Waals surface area contributed by atoms with Crippen molar-refractivity contribution in [1.82, 2.24) is 0 Å². The zero-order chi connectivity index (χ0) is 13.3. The maximum atomic E-state index is 11.8. The molecule has 3 heteroatoms. The molecular weight excluding hydrogens is 228 g/mol. The zero-order valence-corrected chi connectivity index (χ0v) is 12.1. The monoisotopic (exact) mass is 254 g/mol. The predicted molar refractivity (Wildman–Crippen MR) is 70.2 cm³/mol. The number of carbonyl (C=O) groups excluding carboxylic acids is 1. The molecule has 0 aliphatic heterocycles. The molecule has 2 aliphatic rings. The highest BCUT2D eigenvalue weighted by molar-refractivity contribution is 5.73. The average Bonchev–Trinajstić information content (AvgIpc) is 2.19. The molecule has 0 saturated heterocycles. The first-order chi connectivity index (χ1) is 8.41. The zero-order valence-electron chi connectivity index (χ0n) is 12.1. The van der Waals surface area contributed by atoms with Gasteiger partial charge in [-0.25, -0.2) is 0 Å². The minimum absolute atomic E-state index is 0.0154. The lowest BCUT2D eigenvalue weighted by molar-refractivity contribution is -0.209. The van der Waals surface area contributed by atoms with E-state index in [1.165, 1.54) is 6.42 Å². The van der Waals surface area contributed by atoms with Crippen molar-refractivity contribution in [2.24, 2.45) is 17.3 Å². The number of carbonyl (C=O) groups is 1. The van der Waals surface area contributed by atoms with Crippen LogP contribution in [0.25, 0.3) is 0 Å². The van der Waals surface area contributed by atoms with Crippen LogP contribution in [0.3, 0.4) is 0 Å². The number of ether oxygens (including phenoxy) is 2. The Morgan fingerprint density at radius 3 is 2.39 bits per heavy atom. The highest BCUT2D eigenvalue weighted by atomic mass is 16.6. The molecule has 0 bridgehead atoms. The van der Waals surface area contributed by atoms with Gasteiger partial charge in [0.05, 0.1) is 12.0 Å². The van der Waals surface area contributed by atoms with Gasteiger partial charge >= 0.3 is 5.97 Å². The second kappa shape index (κ2) is 5.20. The summed E-state index contributed by atoms with van der Waals surface area (Å²) in [6.45, 7) is 9.37. The molecule has 18 heavy (non-hydrogen) atoms. The van der Waals surface area contributed by atoms with Gasteiger partial charge in [-0.3, -0.25) is 4.79 Å². The first kappa shape index (κ1) is 13.9. The summed E-state index contributed by atoms with van der Waals surface area (Å²) >= 11 is 0. The lowest BCUT2D eigenvalue weighted by Crippen LogP contribution is -2.57. The topological polar surface area (TPSA) is 35.5 Å². The molecule has 2 rings (SSSR count). The summed E-state index contributed by atoms with van der Waals surface area (Å²) < 4.78 is 11.5. The van der Waals surface area contributed by atoms with Gasteiger partial charge in [-0.15, -0.1) is 0 Å². The Hall–Kier alpha value is -0.570. The third-order valence-corrected chi connectivity index (χ3v) is 4.42. The molecule has 0 aromatic heterocycles. The summed E-state index contributed by atoms with van der Waals surface area (Å²) in [5, 5.41) is 0. The van der Waals surface area contributed by atoms with E-state index in [0.717, 1.165) is 25.9 Å². The van der Waals surface area contributed by atoms with Crippen molar-refractivity contribution in [3.63, 3.8) is 0 Å². The van der Waals surface area contributed by atoms with Crippen molar-refractivity contribution in [3.05, 3.63) is 0 Å². The standard InChI is InChI=1S/C15H26O3/c1-10(2)9-17-12-8-13(15(12,3)4)18-14(16)11-6-5-7-11/h10-13H,5-9H2,1-4H3/t12-,13+/m1/s1. The van der Waals surface area contributed by atoms with Crippen LogP contribution in [0.15, 0.2) is 0 Å². The van der Waals surface area contributed by atoms with Crippen molar-refractivity contribution >= 4 is 5.97 Å². The van der Waals surface area contributed by atoms with Gasteiger partial charge in [0.25, 0.3) is 0 Å². The van der Waals surface area contributed by atoms with Gasteiger partial charge in [-0.1, -0.05) is 34.1 Å². The minimum Gasteiger partial charge on any atom is -0.461 e. The van der Waals surface area contributed by atoms with Gasteiger partial charge in [0.15, 0.2) is 0 Å². The Bertz CT molecular complexity index is 305. The lowest BCUT2D eigenvalue weighted by atomic mass is 9.66. The lowest BCUT2D eigenvalue weighted by Gasteiger charge is -2.51. The van der Waals surface area contributed by atoms with Crippen LogP contribution in [0, 0.1) is 17.3 Å². The molecule has 0 aromatic carbocycles. The molecule has 0 radical (unpaired) electrons. The molecule has 2 aliphatic carbocycles. The molecule has 2 saturated carbocycles. The van der Waals surface area contributed by atoms with E-state index in [1.807, 2.05) is 0 Å². The van der Waals surface area contributed by atoms with Gasteiger partial charge in [0.1, 0.15) is 6.10 Å². The molecule has 0 amide bonds. The number of hydrogen-bond acceptors (Lipinski definition) is 3. The highest BCUT2D eigenvalue weighted by Gasteiger charge is 2.52. The quantitative estimate of drug-likeness (QED) is 0.707. The van der Waals surface area contributed by atoms with Crippen LogP contribution in [0.5, 0.6) is 0 Å². The molecule has 0 N–H and O–H groups in total. The molecule has 2 fully saturated rings. The van der Waals surface area contributed by atoms with Crippen LogP contribution in [0.4, 0.5) is 0 Å². The Labute approximate surface area is 110 Å². The van der Waals surface area contributed by atoms with Crippen molar-refractivity contribution in [2.45, 2.75) is 65.6 Å². The molecule has 2 atom stereocenters. The third-order valence-electron chi connectivity index (χ3n) is 4.42. The van der Waals surface area contributed by atoms with Crippen LogP contribution in [-0.4, -0.2) is 24.8 Å². The van der Waals surface area contributed by atoms with E-state index in [4.69, 9.17) is 9.47 Å². The molecular formula is C15H26O3. The second-order valence-electron chi connectivity index (χ2n) is 6.83. The molecule has 0 unspecified atom stereocenters. The number of hydrogen-bond donors (Lipinski definition) is 0. The highest BCUT2D eigenvalue weighted by Crippen LogP contribution is 2.45. The van der Waals surface area contributed by atoms with Gasteiger partial charge in [-0.05, 0) is 18.8 Å². The van der Waals surface area contributed by atoms with Crippen LogP contribution in [0.2, 0.25) is 0 Å². The van der Waals surface area contributed by atoms with E-state index in [0.29, 0.717) is 5.92 Å². The van der Waals surface area contributed by atoms with E-state index in [-0.39, 0.29) is 29.5 Å². The second-order valence-corrected chi connectivity index (χ2v) is 6.83. The first-order valence-corrected chi connectivity index (χ1v) is 7.23. The summed E-state index contributed by atoms with van der Waals surface area (Å²) in [6.07, 6.45) is 4.34. The van der Waals surface area contributed by atoms with Gasteiger partial charge < -0.3 is 9.47 Å². The van der Waals surface area contributed by atoms with E-state index < -0.39 is 0 Å². The summed E-state index contributed by atoms with van der Waals surface area (Å²) in [5.41, 5.74) is -0.0334. The van der Waals surface area contributed by atoms with Crippen LogP contribution in [0.1, 0.15) is 53.4 Å². The molecule has 0 heterocycles. The van der Waals surface area contributed by atoms with Gasteiger partial charge in [0, 0.05) is 18.4 Å². The minimum atomic E-state index is -0.0334. The van der Waals surface area contributed by atoms with Gasteiger partial charge in [-0.2, -0.15) is 0 Å². The fourth-order valence-corrected chi connectivity index (χ4v) is 2.52. The Morgan fingerprint density at radius 1 is 1.28 bits per heavy atom. The Kier molecular flexibility index (Phi) is 4.00. The van der Waals surface area contributed by atoms with Crippen molar-refractivity contribution < 1.29 is 14.3 Å². The molecule has 104 valence electrons. The Morgan fingerprint density at radius 2 is 1.94 bits per heavy atom.